The van der Waals surface area contributed by atoms with Crippen molar-refractivity contribution >= 4 is 16.8 Å². The molecule has 0 spiro atoms. The van der Waals surface area contributed by atoms with Crippen molar-refractivity contribution in [1.82, 2.24) is 9.55 Å². The van der Waals surface area contributed by atoms with E-state index in [0.29, 0.717) is 11.1 Å². The number of pyridine rings is 2. The van der Waals surface area contributed by atoms with Crippen LogP contribution in [0.1, 0.15) is 11.3 Å². The van der Waals surface area contributed by atoms with E-state index in [9.17, 15) is 9.59 Å². The summed E-state index contributed by atoms with van der Waals surface area (Å²) in [5, 5.41) is 1.20. The van der Waals surface area contributed by atoms with Gasteiger partial charge in [-0.15, -0.1) is 0 Å². The lowest BCUT2D eigenvalue weighted by Crippen LogP contribution is -2.34. The molecule has 1 aromatic carbocycles. The van der Waals surface area contributed by atoms with E-state index in [1.54, 1.807) is 13.1 Å². The standard InChI is InChI=1S/C17H15N3O2/c1-10-8-19-9-13-14(10)15(12-6-4-3-5-7-12)11(2)20(16(13)21)17(18)22/h3-9H,1-2H3,(H2,18,22). The van der Waals surface area contributed by atoms with Gasteiger partial charge < -0.3 is 5.73 Å². The summed E-state index contributed by atoms with van der Waals surface area (Å²) in [6.07, 6.45) is 3.19. The first kappa shape index (κ1) is 14.0. The van der Waals surface area contributed by atoms with Crippen molar-refractivity contribution < 1.29 is 4.79 Å². The van der Waals surface area contributed by atoms with Gasteiger partial charge in [-0.2, -0.15) is 0 Å². The van der Waals surface area contributed by atoms with E-state index in [2.05, 4.69) is 4.98 Å². The summed E-state index contributed by atoms with van der Waals surface area (Å²) in [7, 11) is 0. The first-order chi connectivity index (χ1) is 10.5. The third-order valence-electron chi connectivity index (χ3n) is 3.80. The number of hydrogen-bond acceptors (Lipinski definition) is 3. The van der Waals surface area contributed by atoms with Crippen molar-refractivity contribution in [2.45, 2.75) is 13.8 Å². The SMILES string of the molecule is Cc1cncc2c(=O)n(C(N)=O)c(C)c(-c3ccccc3)c12. The van der Waals surface area contributed by atoms with Gasteiger partial charge in [-0.3, -0.25) is 9.78 Å². The summed E-state index contributed by atoms with van der Waals surface area (Å²) in [4.78, 5) is 28.3. The molecule has 0 aliphatic rings. The maximum Gasteiger partial charge on any atom is 0.326 e. The molecular weight excluding hydrogens is 278 g/mol. The molecule has 0 saturated carbocycles. The van der Waals surface area contributed by atoms with Gasteiger partial charge in [0.25, 0.3) is 5.56 Å². The second kappa shape index (κ2) is 5.11. The summed E-state index contributed by atoms with van der Waals surface area (Å²) in [5.41, 5.74) is 8.13. The number of fused-ring (bicyclic) bond motifs is 1. The van der Waals surface area contributed by atoms with Crippen LogP contribution in [0.25, 0.3) is 21.9 Å². The molecule has 110 valence electrons. The molecule has 0 fully saturated rings. The van der Waals surface area contributed by atoms with Crippen LogP contribution in [-0.2, 0) is 0 Å². The number of aryl methyl sites for hydroxylation is 1. The van der Waals surface area contributed by atoms with Crippen LogP contribution < -0.4 is 11.3 Å². The molecule has 5 heteroatoms. The Labute approximate surface area is 127 Å². The van der Waals surface area contributed by atoms with Gasteiger partial charge in [0.2, 0.25) is 0 Å². The first-order valence-corrected chi connectivity index (χ1v) is 6.87. The Morgan fingerprint density at radius 3 is 2.45 bits per heavy atom. The first-order valence-electron chi connectivity index (χ1n) is 6.87. The quantitative estimate of drug-likeness (QED) is 0.749. The highest BCUT2D eigenvalue weighted by Crippen LogP contribution is 2.31. The van der Waals surface area contributed by atoms with Crippen molar-refractivity contribution in [3.8, 4) is 11.1 Å². The fourth-order valence-corrected chi connectivity index (χ4v) is 2.85. The molecule has 22 heavy (non-hydrogen) atoms. The Morgan fingerprint density at radius 2 is 1.82 bits per heavy atom. The lowest BCUT2D eigenvalue weighted by molar-refractivity contribution is 0.249. The van der Waals surface area contributed by atoms with Gasteiger partial charge in [0.15, 0.2) is 0 Å². The number of carbonyl (C=O) groups is 1. The summed E-state index contributed by atoms with van der Waals surface area (Å²) in [6, 6.07) is 8.84. The Hall–Kier alpha value is -2.95. The number of nitrogens with two attached hydrogens (primary N) is 1. The van der Waals surface area contributed by atoms with Crippen molar-refractivity contribution in [3.05, 3.63) is 64.3 Å². The second-order valence-corrected chi connectivity index (χ2v) is 5.18. The molecule has 0 bridgehead atoms. The molecule has 2 heterocycles. The third kappa shape index (κ3) is 1.98. The Kier molecular flexibility index (Phi) is 3.25. The van der Waals surface area contributed by atoms with Gasteiger partial charge in [0.1, 0.15) is 0 Å². The van der Waals surface area contributed by atoms with Gasteiger partial charge in [0.05, 0.1) is 5.39 Å². The molecule has 5 nitrogen and oxygen atoms in total. The number of benzene rings is 1. The van der Waals surface area contributed by atoms with E-state index in [0.717, 1.165) is 26.6 Å². The van der Waals surface area contributed by atoms with E-state index in [1.165, 1.54) is 6.20 Å². The monoisotopic (exact) mass is 293 g/mol. The second-order valence-electron chi connectivity index (χ2n) is 5.18. The molecule has 0 radical (unpaired) electrons. The van der Waals surface area contributed by atoms with Crippen molar-refractivity contribution in [2.24, 2.45) is 5.73 Å². The minimum atomic E-state index is -0.789. The third-order valence-corrected chi connectivity index (χ3v) is 3.80. The van der Waals surface area contributed by atoms with Crippen LogP contribution >= 0.6 is 0 Å². The minimum absolute atomic E-state index is 0.392. The highest BCUT2D eigenvalue weighted by molar-refractivity contribution is 6.00. The summed E-state index contributed by atoms with van der Waals surface area (Å²) < 4.78 is 1.01. The van der Waals surface area contributed by atoms with E-state index in [-0.39, 0.29) is 0 Å². The molecule has 2 aromatic heterocycles. The van der Waals surface area contributed by atoms with Gasteiger partial charge in [0, 0.05) is 29.0 Å². The van der Waals surface area contributed by atoms with E-state index in [4.69, 9.17) is 5.73 Å². The highest BCUT2D eigenvalue weighted by Gasteiger charge is 2.19. The van der Waals surface area contributed by atoms with Crippen molar-refractivity contribution in [1.29, 1.82) is 0 Å². The highest BCUT2D eigenvalue weighted by atomic mass is 16.2. The summed E-state index contributed by atoms with van der Waals surface area (Å²) in [5.74, 6) is 0. The molecule has 0 unspecified atom stereocenters. The number of primary amides is 1. The largest absolute Gasteiger partial charge is 0.351 e. The maximum absolute atomic E-state index is 12.5. The molecule has 3 rings (SSSR count). The van der Waals surface area contributed by atoms with Gasteiger partial charge in [-0.25, -0.2) is 9.36 Å². The number of hydrogen-bond donors (Lipinski definition) is 1. The Bertz CT molecular complexity index is 944. The van der Waals surface area contributed by atoms with E-state index < -0.39 is 11.6 Å². The summed E-state index contributed by atoms with van der Waals surface area (Å²) in [6.45, 7) is 3.63. The normalized spacial score (nSPS) is 10.8. The number of aromatic nitrogens is 2. The van der Waals surface area contributed by atoms with Gasteiger partial charge in [-0.05, 0) is 25.0 Å². The topological polar surface area (TPSA) is 78.0 Å². The fraction of sp³-hybridized carbons (Fsp3) is 0.118. The minimum Gasteiger partial charge on any atom is -0.351 e. The lowest BCUT2D eigenvalue weighted by atomic mass is 9.96. The van der Waals surface area contributed by atoms with Crippen LogP contribution in [0.3, 0.4) is 0 Å². The van der Waals surface area contributed by atoms with Crippen molar-refractivity contribution in [3.63, 3.8) is 0 Å². The molecule has 3 aromatic rings. The zero-order valence-electron chi connectivity index (χ0n) is 12.3. The van der Waals surface area contributed by atoms with E-state index in [1.807, 2.05) is 37.3 Å². The van der Waals surface area contributed by atoms with Crippen LogP contribution in [-0.4, -0.2) is 15.6 Å². The average molecular weight is 293 g/mol. The van der Waals surface area contributed by atoms with Gasteiger partial charge in [-0.1, -0.05) is 30.3 Å². The van der Waals surface area contributed by atoms with Crippen molar-refractivity contribution in [2.75, 3.05) is 0 Å². The molecule has 1 amide bonds. The zero-order chi connectivity index (χ0) is 15.9. The summed E-state index contributed by atoms with van der Waals surface area (Å²) >= 11 is 0. The average Bonchev–Trinajstić information content (AvgIpc) is 2.49. The molecule has 0 aliphatic carbocycles. The van der Waals surface area contributed by atoms with E-state index >= 15 is 0 Å². The molecule has 2 N–H and O–H groups in total. The molecule has 0 saturated heterocycles. The Balaban J connectivity index is 2.60. The fourth-order valence-electron chi connectivity index (χ4n) is 2.85. The maximum atomic E-state index is 12.5. The predicted molar refractivity (Wildman–Crippen MR) is 85.9 cm³/mol. The molecule has 0 aliphatic heterocycles. The van der Waals surface area contributed by atoms with Crippen LogP contribution in [0.5, 0.6) is 0 Å². The van der Waals surface area contributed by atoms with Crippen LogP contribution in [0.2, 0.25) is 0 Å². The predicted octanol–water partition coefficient (Wildman–Crippen LogP) is 2.61. The zero-order valence-corrected chi connectivity index (χ0v) is 12.3. The molecule has 0 atom stereocenters. The lowest BCUT2D eigenvalue weighted by Gasteiger charge is -2.16. The Morgan fingerprint density at radius 1 is 1.14 bits per heavy atom. The van der Waals surface area contributed by atoms with Crippen LogP contribution in [0, 0.1) is 13.8 Å². The van der Waals surface area contributed by atoms with Crippen LogP contribution in [0.15, 0.2) is 47.5 Å². The van der Waals surface area contributed by atoms with Crippen LogP contribution in [0.4, 0.5) is 4.79 Å². The van der Waals surface area contributed by atoms with Gasteiger partial charge >= 0.3 is 6.03 Å². The number of amides is 1. The number of rotatable bonds is 1. The molecular formula is C17H15N3O2. The number of carbonyl (C=O) groups excluding carboxylic acids is 1. The smallest absolute Gasteiger partial charge is 0.326 e. The number of nitrogens with zero attached hydrogens (tertiary/aromatic N) is 2.